The molecule has 0 unspecified atom stereocenters. The van der Waals surface area contributed by atoms with Gasteiger partial charge in [-0.3, -0.25) is 14.7 Å². The van der Waals surface area contributed by atoms with Crippen LogP contribution in [0.2, 0.25) is 5.02 Å². The van der Waals surface area contributed by atoms with Gasteiger partial charge in [-0.15, -0.1) is 0 Å². The molecule has 5 nitrogen and oxygen atoms in total. The van der Waals surface area contributed by atoms with Crippen LogP contribution in [0, 0.1) is 0 Å². The highest BCUT2D eigenvalue weighted by atomic mass is 35.5. The summed E-state index contributed by atoms with van der Waals surface area (Å²) in [5, 5.41) is 12.2. The minimum atomic E-state index is -1.03. The molecular formula is C13H13ClN2O3. The van der Waals surface area contributed by atoms with Gasteiger partial charge in [0.1, 0.15) is 0 Å². The molecule has 0 bridgehead atoms. The number of H-pyrrole nitrogens is 1. The molecule has 0 saturated heterocycles. The Labute approximate surface area is 114 Å². The molecule has 1 heterocycles. The number of nitrogens with one attached hydrogen (secondary N) is 1. The van der Waals surface area contributed by atoms with E-state index < -0.39 is 5.97 Å². The summed E-state index contributed by atoms with van der Waals surface area (Å²) in [6.45, 7) is 1.85. The van der Waals surface area contributed by atoms with E-state index in [9.17, 15) is 9.59 Å². The number of aromatic nitrogens is 2. The van der Waals surface area contributed by atoms with Gasteiger partial charge in [-0.2, -0.15) is 0 Å². The first-order chi connectivity index (χ1) is 9.04. The average molecular weight is 281 g/mol. The fourth-order valence-corrected chi connectivity index (χ4v) is 2.17. The second kappa shape index (κ2) is 5.32. The average Bonchev–Trinajstić information content (AvgIpc) is 2.67. The Morgan fingerprint density at radius 1 is 1.42 bits per heavy atom. The first kappa shape index (κ1) is 13.4. The summed E-state index contributed by atoms with van der Waals surface area (Å²) in [5.41, 5.74) is 1.04. The van der Waals surface area contributed by atoms with Crippen LogP contribution in [0.15, 0.2) is 29.1 Å². The standard InChI is InChI=1S/C13H13ClN2O3/c1-2-10-8(7-12(17)18)13(19)16(15-10)11-6-4-3-5-9(11)14/h3-6,15H,2,7H2,1H3,(H,17,18). The number of carbonyl (C=O) groups is 1. The first-order valence-corrected chi connectivity index (χ1v) is 6.21. The molecule has 2 N–H and O–H groups in total. The van der Waals surface area contributed by atoms with E-state index in [0.29, 0.717) is 22.8 Å². The molecule has 0 spiro atoms. The van der Waals surface area contributed by atoms with Gasteiger partial charge >= 0.3 is 5.97 Å². The molecule has 0 aliphatic carbocycles. The van der Waals surface area contributed by atoms with Crippen LogP contribution in [0.3, 0.4) is 0 Å². The summed E-state index contributed by atoms with van der Waals surface area (Å²) in [6.07, 6.45) is 0.255. The van der Waals surface area contributed by atoms with E-state index >= 15 is 0 Å². The van der Waals surface area contributed by atoms with Gasteiger partial charge in [0.25, 0.3) is 5.56 Å². The van der Waals surface area contributed by atoms with Gasteiger partial charge in [0.15, 0.2) is 0 Å². The second-order valence-corrected chi connectivity index (χ2v) is 4.49. The monoisotopic (exact) mass is 280 g/mol. The van der Waals surface area contributed by atoms with Crippen molar-refractivity contribution in [2.24, 2.45) is 0 Å². The number of hydrogen-bond donors (Lipinski definition) is 2. The molecular weight excluding hydrogens is 268 g/mol. The molecule has 6 heteroatoms. The lowest BCUT2D eigenvalue weighted by molar-refractivity contribution is -0.136. The number of hydrogen-bond acceptors (Lipinski definition) is 2. The van der Waals surface area contributed by atoms with Crippen LogP contribution in [-0.2, 0) is 17.6 Å². The maximum Gasteiger partial charge on any atom is 0.308 e. The summed E-state index contributed by atoms with van der Waals surface area (Å²) in [5.74, 6) is -1.03. The van der Waals surface area contributed by atoms with Gasteiger partial charge < -0.3 is 5.11 Å². The van der Waals surface area contributed by atoms with E-state index in [-0.39, 0.29) is 17.5 Å². The van der Waals surface area contributed by atoms with Crippen molar-refractivity contribution in [2.45, 2.75) is 19.8 Å². The molecule has 0 atom stereocenters. The number of halogens is 1. The quantitative estimate of drug-likeness (QED) is 0.899. The molecule has 0 amide bonds. The molecule has 19 heavy (non-hydrogen) atoms. The topological polar surface area (TPSA) is 75.1 Å². The van der Waals surface area contributed by atoms with Crippen molar-refractivity contribution >= 4 is 17.6 Å². The van der Waals surface area contributed by atoms with Crippen LogP contribution >= 0.6 is 11.6 Å². The van der Waals surface area contributed by atoms with Gasteiger partial charge in [0.2, 0.25) is 0 Å². The lowest BCUT2D eigenvalue weighted by atomic mass is 10.1. The van der Waals surface area contributed by atoms with E-state index in [0.717, 1.165) is 0 Å². The van der Waals surface area contributed by atoms with E-state index in [2.05, 4.69) is 5.10 Å². The summed E-state index contributed by atoms with van der Waals surface area (Å²) < 4.78 is 1.29. The van der Waals surface area contributed by atoms with E-state index in [4.69, 9.17) is 16.7 Å². The predicted molar refractivity (Wildman–Crippen MR) is 72.1 cm³/mol. The zero-order chi connectivity index (χ0) is 14.0. The molecule has 2 aromatic rings. The van der Waals surface area contributed by atoms with Gasteiger partial charge in [-0.05, 0) is 18.6 Å². The maximum atomic E-state index is 12.2. The minimum Gasteiger partial charge on any atom is -0.481 e. The summed E-state index contributed by atoms with van der Waals surface area (Å²) in [7, 11) is 0. The van der Waals surface area contributed by atoms with Gasteiger partial charge in [0.05, 0.1) is 22.7 Å². The number of carboxylic acid groups (broad SMARTS) is 1. The Kier molecular flexibility index (Phi) is 3.76. The Balaban J connectivity index is 2.61. The van der Waals surface area contributed by atoms with Gasteiger partial charge in [-0.25, -0.2) is 4.68 Å². The van der Waals surface area contributed by atoms with Crippen LogP contribution in [0.1, 0.15) is 18.2 Å². The number of benzene rings is 1. The lowest BCUT2D eigenvalue weighted by Gasteiger charge is -2.03. The predicted octanol–water partition coefficient (Wildman–Crippen LogP) is 2.01. The lowest BCUT2D eigenvalue weighted by Crippen LogP contribution is -2.19. The fourth-order valence-electron chi connectivity index (χ4n) is 1.95. The van der Waals surface area contributed by atoms with Crippen molar-refractivity contribution < 1.29 is 9.90 Å². The Morgan fingerprint density at radius 2 is 2.11 bits per heavy atom. The third-order valence-electron chi connectivity index (χ3n) is 2.85. The van der Waals surface area contributed by atoms with Crippen LogP contribution in [-0.4, -0.2) is 20.9 Å². The van der Waals surface area contributed by atoms with Gasteiger partial charge in [0, 0.05) is 5.69 Å². The zero-order valence-corrected chi connectivity index (χ0v) is 11.1. The minimum absolute atomic E-state index is 0.273. The Morgan fingerprint density at radius 3 is 2.68 bits per heavy atom. The molecule has 1 aromatic heterocycles. The number of aromatic amines is 1. The molecule has 0 saturated carbocycles. The number of rotatable bonds is 4. The van der Waals surface area contributed by atoms with E-state index in [1.165, 1.54) is 4.68 Å². The van der Waals surface area contributed by atoms with Crippen LogP contribution in [0.25, 0.3) is 5.69 Å². The number of aliphatic carboxylic acids is 1. The number of nitrogens with zero attached hydrogens (tertiary/aromatic N) is 1. The van der Waals surface area contributed by atoms with Crippen molar-refractivity contribution in [1.82, 2.24) is 9.78 Å². The van der Waals surface area contributed by atoms with E-state index in [1.807, 2.05) is 6.92 Å². The highest BCUT2D eigenvalue weighted by molar-refractivity contribution is 6.32. The zero-order valence-electron chi connectivity index (χ0n) is 10.3. The summed E-state index contributed by atoms with van der Waals surface area (Å²) in [4.78, 5) is 23.1. The molecule has 2 rings (SSSR count). The van der Waals surface area contributed by atoms with Crippen molar-refractivity contribution in [3.8, 4) is 5.69 Å². The molecule has 0 aliphatic heterocycles. The highest BCUT2D eigenvalue weighted by Gasteiger charge is 2.17. The van der Waals surface area contributed by atoms with Crippen LogP contribution in [0.4, 0.5) is 0 Å². The molecule has 0 radical (unpaired) electrons. The SMILES string of the molecule is CCc1[nH]n(-c2ccccc2Cl)c(=O)c1CC(=O)O. The normalized spacial score (nSPS) is 10.6. The van der Waals surface area contributed by atoms with Crippen molar-refractivity contribution in [1.29, 1.82) is 0 Å². The Bertz CT molecular complexity index is 673. The van der Waals surface area contributed by atoms with E-state index in [1.54, 1.807) is 24.3 Å². The fraction of sp³-hybridized carbons (Fsp3) is 0.231. The highest BCUT2D eigenvalue weighted by Crippen LogP contribution is 2.18. The third-order valence-corrected chi connectivity index (χ3v) is 3.17. The van der Waals surface area contributed by atoms with Crippen LogP contribution < -0.4 is 5.56 Å². The third kappa shape index (κ3) is 2.56. The molecule has 0 fully saturated rings. The molecule has 1 aromatic carbocycles. The number of para-hydroxylation sites is 1. The van der Waals surface area contributed by atoms with Crippen LogP contribution in [0.5, 0.6) is 0 Å². The van der Waals surface area contributed by atoms with Gasteiger partial charge in [-0.1, -0.05) is 30.7 Å². The second-order valence-electron chi connectivity index (χ2n) is 4.08. The summed E-state index contributed by atoms with van der Waals surface area (Å²) >= 11 is 6.05. The van der Waals surface area contributed by atoms with Crippen molar-refractivity contribution in [3.63, 3.8) is 0 Å². The number of carboxylic acids is 1. The first-order valence-electron chi connectivity index (χ1n) is 5.84. The molecule has 100 valence electrons. The maximum absolute atomic E-state index is 12.2. The number of aryl methyl sites for hydroxylation is 1. The van der Waals surface area contributed by atoms with Crippen molar-refractivity contribution in [3.05, 3.63) is 50.9 Å². The Hall–Kier alpha value is -2.01. The molecule has 0 aliphatic rings. The summed E-state index contributed by atoms with van der Waals surface area (Å²) in [6, 6.07) is 6.90. The largest absolute Gasteiger partial charge is 0.481 e. The van der Waals surface area contributed by atoms with Crippen molar-refractivity contribution in [2.75, 3.05) is 0 Å². The smallest absolute Gasteiger partial charge is 0.308 e.